The highest BCUT2D eigenvalue weighted by Crippen LogP contribution is 1.98. The number of rotatable bonds is 8. The van der Waals surface area contributed by atoms with Gasteiger partial charge in [0.25, 0.3) is 0 Å². The van der Waals surface area contributed by atoms with Crippen LogP contribution in [0.5, 0.6) is 0 Å². The second-order valence-corrected chi connectivity index (χ2v) is 5.85. The molecule has 90 valence electrons. The van der Waals surface area contributed by atoms with Crippen LogP contribution in [-0.4, -0.2) is 46.7 Å². The van der Waals surface area contributed by atoms with Crippen molar-refractivity contribution in [1.29, 1.82) is 0 Å². The molecule has 0 aromatic rings. The molecule has 0 rings (SSSR count). The molecule has 15 heavy (non-hydrogen) atoms. The van der Waals surface area contributed by atoms with E-state index < -0.39 is 16.8 Å². The van der Waals surface area contributed by atoms with Crippen molar-refractivity contribution in [1.82, 2.24) is 5.32 Å². The zero-order chi connectivity index (χ0) is 11.7. The topological polar surface area (TPSA) is 72.2 Å². The summed E-state index contributed by atoms with van der Waals surface area (Å²) >= 11 is 1.68. The number of thioether (sulfide) groups is 1. The first-order valence-electron chi connectivity index (χ1n) is 4.90. The third-order valence-corrected chi connectivity index (χ3v) is 3.39. The van der Waals surface area contributed by atoms with E-state index in [-0.39, 0.29) is 5.91 Å². The van der Waals surface area contributed by atoms with Crippen molar-refractivity contribution >= 4 is 28.5 Å². The molecule has 0 fully saturated rings. The number of nitrogens with one attached hydrogen (secondary N) is 1. The molecule has 0 aliphatic heterocycles. The maximum absolute atomic E-state index is 11.4. The van der Waals surface area contributed by atoms with Crippen molar-refractivity contribution in [3.63, 3.8) is 0 Å². The molecule has 1 amide bonds. The lowest BCUT2D eigenvalue weighted by atomic mass is 10.2. The molecule has 0 aliphatic carbocycles. The van der Waals surface area contributed by atoms with Crippen LogP contribution in [0.15, 0.2) is 0 Å². The predicted octanol–water partition coefficient (Wildman–Crippen LogP) is -0.0484. The Kier molecular flexibility index (Phi) is 9.13. The van der Waals surface area contributed by atoms with Crippen LogP contribution < -0.4 is 11.1 Å². The van der Waals surface area contributed by atoms with Gasteiger partial charge < -0.3 is 11.1 Å². The van der Waals surface area contributed by atoms with Crippen LogP contribution in [0.25, 0.3) is 0 Å². The van der Waals surface area contributed by atoms with Crippen LogP contribution in [0.1, 0.15) is 12.8 Å². The smallest absolute Gasteiger partial charge is 0.236 e. The Morgan fingerprint density at radius 2 is 2.27 bits per heavy atom. The summed E-state index contributed by atoms with van der Waals surface area (Å²) in [7, 11) is -0.782. The van der Waals surface area contributed by atoms with E-state index in [9.17, 15) is 9.00 Å². The SMILES string of the molecule is CSCC[C@@H](N)C(=O)NCCCS(C)=O. The Morgan fingerprint density at radius 1 is 1.60 bits per heavy atom. The Hall–Kier alpha value is -0.0700. The molecule has 6 heteroatoms. The molecular weight excluding hydrogens is 232 g/mol. The van der Waals surface area contributed by atoms with Crippen LogP contribution in [-0.2, 0) is 15.6 Å². The lowest BCUT2D eigenvalue weighted by Crippen LogP contribution is -2.41. The summed E-state index contributed by atoms with van der Waals surface area (Å²) < 4.78 is 10.7. The fourth-order valence-electron chi connectivity index (χ4n) is 0.994. The van der Waals surface area contributed by atoms with Crippen LogP contribution >= 0.6 is 11.8 Å². The second-order valence-electron chi connectivity index (χ2n) is 3.31. The van der Waals surface area contributed by atoms with Gasteiger partial charge in [-0.05, 0) is 24.9 Å². The maximum Gasteiger partial charge on any atom is 0.236 e. The highest BCUT2D eigenvalue weighted by atomic mass is 32.2. The van der Waals surface area contributed by atoms with Crippen LogP contribution in [0.3, 0.4) is 0 Å². The minimum Gasteiger partial charge on any atom is -0.355 e. The summed E-state index contributed by atoms with van der Waals surface area (Å²) in [6.45, 7) is 0.561. The molecule has 0 saturated heterocycles. The Labute approximate surface area is 98.2 Å². The van der Waals surface area contributed by atoms with Crippen molar-refractivity contribution in [3.05, 3.63) is 0 Å². The molecule has 0 heterocycles. The molecule has 3 N–H and O–H groups in total. The molecular formula is C9H20N2O2S2. The van der Waals surface area contributed by atoms with Gasteiger partial charge in [-0.2, -0.15) is 11.8 Å². The average Bonchev–Trinajstić information content (AvgIpc) is 2.20. The van der Waals surface area contributed by atoms with E-state index in [4.69, 9.17) is 5.73 Å². The number of amides is 1. The zero-order valence-corrected chi connectivity index (χ0v) is 11.0. The highest BCUT2D eigenvalue weighted by Gasteiger charge is 2.11. The van der Waals surface area contributed by atoms with E-state index in [1.807, 2.05) is 6.26 Å². The van der Waals surface area contributed by atoms with Gasteiger partial charge in [0.05, 0.1) is 6.04 Å². The van der Waals surface area contributed by atoms with Crippen LogP contribution in [0.2, 0.25) is 0 Å². The van der Waals surface area contributed by atoms with Gasteiger partial charge in [0.1, 0.15) is 0 Å². The number of carbonyl (C=O) groups excluding carboxylic acids is 1. The van der Waals surface area contributed by atoms with Crippen molar-refractivity contribution in [3.8, 4) is 0 Å². The first-order chi connectivity index (χ1) is 7.07. The average molecular weight is 252 g/mol. The molecule has 0 bridgehead atoms. The van der Waals surface area contributed by atoms with Gasteiger partial charge >= 0.3 is 0 Å². The summed E-state index contributed by atoms with van der Waals surface area (Å²) in [5.74, 6) is 1.42. The quantitative estimate of drug-likeness (QED) is 0.594. The lowest BCUT2D eigenvalue weighted by molar-refractivity contribution is -0.122. The summed E-state index contributed by atoms with van der Waals surface area (Å²) in [5, 5.41) is 2.74. The maximum atomic E-state index is 11.4. The molecule has 0 spiro atoms. The van der Waals surface area contributed by atoms with Gasteiger partial charge in [-0.15, -0.1) is 0 Å². The van der Waals surface area contributed by atoms with Crippen molar-refractivity contribution < 1.29 is 9.00 Å². The third kappa shape index (κ3) is 8.89. The third-order valence-electron chi connectivity index (χ3n) is 1.88. The molecule has 0 aromatic heterocycles. The van der Waals surface area contributed by atoms with E-state index in [0.717, 1.165) is 12.2 Å². The van der Waals surface area contributed by atoms with Crippen LogP contribution in [0, 0.1) is 0 Å². The minimum atomic E-state index is -0.782. The molecule has 0 aliphatic rings. The highest BCUT2D eigenvalue weighted by molar-refractivity contribution is 7.98. The van der Waals surface area contributed by atoms with Crippen LogP contribution in [0.4, 0.5) is 0 Å². The van der Waals surface area contributed by atoms with E-state index in [0.29, 0.717) is 18.7 Å². The predicted molar refractivity (Wildman–Crippen MR) is 67.5 cm³/mol. The van der Waals surface area contributed by atoms with Gasteiger partial charge in [0.2, 0.25) is 5.91 Å². The molecule has 1 unspecified atom stereocenters. The normalized spacial score (nSPS) is 14.6. The number of nitrogens with two attached hydrogens (primary N) is 1. The summed E-state index contributed by atoms with van der Waals surface area (Å²) in [6, 6.07) is -0.412. The van der Waals surface area contributed by atoms with E-state index in [1.54, 1.807) is 18.0 Å². The fraction of sp³-hybridized carbons (Fsp3) is 0.889. The number of hydrogen-bond acceptors (Lipinski definition) is 4. The second kappa shape index (κ2) is 9.18. The Balaban J connectivity index is 3.51. The van der Waals surface area contributed by atoms with Gasteiger partial charge in [-0.25, -0.2) is 0 Å². The largest absolute Gasteiger partial charge is 0.355 e. The van der Waals surface area contributed by atoms with Crippen molar-refractivity contribution in [2.45, 2.75) is 18.9 Å². The Morgan fingerprint density at radius 3 is 2.80 bits per heavy atom. The first kappa shape index (κ1) is 14.9. The molecule has 4 nitrogen and oxygen atoms in total. The Bertz CT molecular complexity index is 212. The van der Waals surface area contributed by atoms with E-state index in [2.05, 4.69) is 5.32 Å². The minimum absolute atomic E-state index is 0.106. The molecule has 0 radical (unpaired) electrons. The molecule has 2 atom stereocenters. The lowest BCUT2D eigenvalue weighted by Gasteiger charge is -2.10. The standard InChI is InChI=1S/C9H20N2O2S2/c1-14-6-4-8(10)9(12)11-5-3-7-15(2)13/h8H,3-7,10H2,1-2H3,(H,11,12)/t8-,15?/m1/s1. The molecule has 0 aromatic carbocycles. The van der Waals surface area contributed by atoms with Gasteiger partial charge in [-0.1, -0.05) is 0 Å². The number of carbonyl (C=O) groups is 1. The zero-order valence-electron chi connectivity index (χ0n) is 9.32. The first-order valence-corrected chi connectivity index (χ1v) is 8.02. The summed E-state index contributed by atoms with van der Waals surface area (Å²) in [5.41, 5.74) is 5.66. The van der Waals surface area contributed by atoms with E-state index in [1.165, 1.54) is 0 Å². The van der Waals surface area contributed by atoms with Gasteiger partial charge in [0, 0.05) is 29.4 Å². The van der Waals surface area contributed by atoms with Gasteiger partial charge in [-0.3, -0.25) is 9.00 Å². The summed E-state index contributed by atoms with van der Waals surface area (Å²) in [4.78, 5) is 11.4. The molecule has 0 saturated carbocycles. The number of hydrogen-bond donors (Lipinski definition) is 2. The van der Waals surface area contributed by atoms with Crippen molar-refractivity contribution in [2.24, 2.45) is 5.73 Å². The van der Waals surface area contributed by atoms with Gasteiger partial charge in [0.15, 0.2) is 0 Å². The fourth-order valence-corrected chi connectivity index (χ4v) is 2.03. The van der Waals surface area contributed by atoms with Crippen molar-refractivity contribution in [2.75, 3.05) is 30.6 Å². The monoisotopic (exact) mass is 252 g/mol. The summed E-state index contributed by atoms with van der Waals surface area (Å²) in [6.07, 6.45) is 5.09. The van der Waals surface area contributed by atoms with E-state index >= 15 is 0 Å².